The molecule has 0 saturated heterocycles. The van der Waals surface area contributed by atoms with Gasteiger partial charge in [-0.3, -0.25) is 0 Å². The van der Waals surface area contributed by atoms with E-state index in [1.54, 1.807) is 12.1 Å². The number of carbonyl (C=O) groups is 2. The molecule has 0 bridgehead atoms. The third kappa shape index (κ3) is 7.93. The highest BCUT2D eigenvalue weighted by atomic mass is 32.2. The van der Waals surface area contributed by atoms with Gasteiger partial charge >= 0.3 is 12.1 Å². The van der Waals surface area contributed by atoms with Crippen molar-refractivity contribution in [3.05, 3.63) is 78.2 Å². The predicted octanol–water partition coefficient (Wildman–Crippen LogP) is 4.59. The number of alkyl carbamates (subject to hydrolysis) is 1. The van der Waals surface area contributed by atoms with Crippen molar-refractivity contribution in [2.75, 3.05) is 50.8 Å². The molecule has 11 nitrogen and oxygen atoms in total. The SMILES string of the molecule is C=C(C)C(=O)OCCNC(=O)OCC[N+](CC)=c1ccc2c(-c3ccccc3S(=O)(=O)[O-])c3ccc(N(CC)CC)cc3oc-2c1. The highest BCUT2D eigenvalue weighted by Gasteiger charge is 2.22. The average Bonchev–Trinajstić information content (AvgIpc) is 3.03. The molecule has 1 amide bonds. The first-order chi connectivity index (χ1) is 22.0. The summed E-state index contributed by atoms with van der Waals surface area (Å²) in [4.78, 5) is 25.4. The van der Waals surface area contributed by atoms with E-state index in [4.69, 9.17) is 13.9 Å². The fourth-order valence-electron chi connectivity index (χ4n) is 5.22. The maximum Gasteiger partial charge on any atom is 0.407 e. The summed E-state index contributed by atoms with van der Waals surface area (Å²) in [7, 11) is -4.78. The largest absolute Gasteiger partial charge is 0.744 e. The fraction of sp³-hybridized carbons (Fsp3) is 0.324. The minimum Gasteiger partial charge on any atom is -0.744 e. The zero-order valence-corrected chi connectivity index (χ0v) is 27.3. The van der Waals surface area contributed by atoms with Crippen LogP contribution in [0.5, 0.6) is 0 Å². The van der Waals surface area contributed by atoms with Crippen molar-refractivity contribution in [2.24, 2.45) is 0 Å². The van der Waals surface area contributed by atoms with Crippen molar-refractivity contribution in [1.29, 1.82) is 0 Å². The van der Waals surface area contributed by atoms with Gasteiger partial charge in [-0.05, 0) is 52.0 Å². The molecule has 0 radical (unpaired) electrons. The Morgan fingerprint density at radius 3 is 2.39 bits per heavy atom. The highest BCUT2D eigenvalue weighted by Crippen LogP contribution is 2.42. The molecule has 1 aliphatic carbocycles. The molecule has 1 aliphatic heterocycles. The topological polar surface area (TPSA) is 141 Å². The number of rotatable bonds is 13. The molecular formula is C34H39N3O8S. The van der Waals surface area contributed by atoms with Crippen LogP contribution in [-0.4, -0.2) is 71.0 Å². The molecule has 46 heavy (non-hydrogen) atoms. The van der Waals surface area contributed by atoms with Gasteiger partial charge in [0.15, 0.2) is 13.2 Å². The van der Waals surface area contributed by atoms with E-state index in [1.807, 2.05) is 47.9 Å². The van der Waals surface area contributed by atoms with Crippen LogP contribution in [-0.2, 0) is 24.4 Å². The number of amides is 1. The van der Waals surface area contributed by atoms with E-state index in [9.17, 15) is 22.6 Å². The number of ether oxygens (including phenoxy) is 2. The van der Waals surface area contributed by atoms with Crippen molar-refractivity contribution >= 4 is 38.8 Å². The van der Waals surface area contributed by atoms with E-state index >= 15 is 0 Å². The van der Waals surface area contributed by atoms with Crippen LogP contribution in [0.2, 0.25) is 0 Å². The van der Waals surface area contributed by atoms with Crippen LogP contribution in [0.15, 0.2) is 82.1 Å². The first-order valence-electron chi connectivity index (χ1n) is 15.1. The summed E-state index contributed by atoms with van der Waals surface area (Å²) in [6.07, 6.45) is -0.636. The number of carbonyl (C=O) groups excluding carboxylic acids is 2. The number of nitrogens with one attached hydrogen (secondary N) is 1. The molecule has 2 aliphatic rings. The van der Waals surface area contributed by atoms with Gasteiger partial charge in [-0.2, -0.15) is 0 Å². The van der Waals surface area contributed by atoms with Crippen LogP contribution in [0.1, 0.15) is 27.7 Å². The normalized spacial score (nSPS) is 12.1. The van der Waals surface area contributed by atoms with Gasteiger partial charge in [-0.15, -0.1) is 0 Å². The number of nitrogens with zero attached hydrogens (tertiary/aromatic N) is 2. The number of likely N-dealkylation sites (N-methyl/N-ethyl adjacent to an activating group) is 1. The van der Waals surface area contributed by atoms with E-state index in [0.29, 0.717) is 46.5 Å². The Bertz CT molecular complexity index is 1890. The minimum absolute atomic E-state index is 0.000767. The maximum absolute atomic E-state index is 12.3. The van der Waals surface area contributed by atoms with Crippen molar-refractivity contribution in [3.63, 3.8) is 0 Å². The average molecular weight is 650 g/mol. The predicted molar refractivity (Wildman–Crippen MR) is 176 cm³/mol. The lowest BCUT2D eigenvalue weighted by atomic mass is 9.93. The second kappa shape index (κ2) is 15.1. The zero-order valence-electron chi connectivity index (χ0n) is 26.5. The molecule has 4 rings (SSSR count). The number of fused-ring (bicyclic) bond motifs is 2. The van der Waals surface area contributed by atoms with E-state index in [2.05, 4.69) is 30.6 Å². The molecule has 0 fully saturated rings. The zero-order chi connectivity index (χ0) is 33.4. The Morgan fingerprint density at radius 2 is 1.72 bits per heavy atom. The molecule has 0 atom stereocenters. The summed E-state index contributed by atoms with van der Waals surface area (Å²) in [5.41, 5.74) is 3.29. The Labute approximate surface area is 268 Å². The van der Waals surface area contributed by atoms with Gasteiger partial charge in [0.05, 0.1) is 17.5 Å². The van der Waals surface area contributed by atoms with Crippen molar-refractivity contribution in [2.45, 2.75) is 32.6 Å². The molecule has 244 valence electrons. The number of anilines is 1. The standard InChI is InChI=1S/C34H39N3O8S/c1-6-36(7-2)24-13-15-26-29(21-24)45-30-22-25(14-16-27(30)32(26)28-11-9-10-12-31(28)46(40,41)42)37(8-3)18-20-44-34(39)35-17-19-43-33(38)23(4)5/h9-16,21-22H,4,6-8,17-20H2,1-3,5H3,(H-,35,39,40,41,42). The molecule has 2 aromatic rings. The summed E-state index contributed by atoms with van der Waals surface area (Å²) in [5, 5.41) is 4.01. The number of hydrogen-bond acceptors (Lipinski definition) is 9. The molecule has 0 aromatic heterocycles. The molecule has 1 N–H and O–H groups in total. The molecular weight excluding hydrogens is 610 g/mol. The van der Waals surface area contributed by atoms with Crippen molar-refractivity contribution in [1.82, 2.24) is 9.89 Å². The van der Waals surface area contributed by atoms with E-state index in [1.165, 1.54) is 19.1 Å². The number of esters is 1. The Morgan fingerprint density at radius 1 is 0.978 bits per heavy atom. The lowest BCUT2D eigenvalue weighted by Gasteiger charge is -2.23. The fourth-order valence-corrected chi connectivity index (χ4v) is 5.91. The number of hydrogen-bond donors (Lipinski definition) is 1. The first kappa shape index (κ1) is 34.2. The van der Waals surface area contributed by atoms with E-state index < -0.39 is 22.2 Å². The summed E-state index contributed by atoms with van der Waals surface area (Å²) in [6.45, 7) is 13.9. The summed E-state index contributed by atoms with van der Waals surface area (Å²) in [5.74, 6) is -0.0313. The Hall–Kier alpha value is -4.68. The van der Waals surface area contributed by atoms with Gasteiger partial charge in [-0.1, -0.05) is 24.8 Å². The van der Waals surface area contributed by atoms with Gasteiger partial charge in [0.2, 0.25) is 5.36 Å². The maximum atomic E-state index is 12.3. The lowest BCUT2D eigenvalue weighted by Crippen LogP contribution is -2.35. The van der Waals surface area contributed by atoms with Gasteiger partial charge < -0.3 is 28.7 Å². The lowest BCUT2D eigenvalue weighted by molar-refractivity contribution is -0.138. The van der Waals surface area contributed by atoms with Crippen LogP contribution in [0.4, 0.5) is 10.5 Å². The van der Waals surface area contributed by atoms with Gasteiger partial charge in [0, 0.05) is 58.6 Å². The van der Waals surface area contributed by atoms with Crippen LogP contribution >= 0.6 is 0 Å². The quantitative estimate of drug-likeness (QED) is 0.0550. The van der Waals surface area contributed by atoms with Crippen LogP contribution < -0.4 is 20.1 Å². The second-order valence-corrected chi connectivity index (χ2v) is 11.9. The summed E-state index contributed by atoms with van der Waals surface area (Å²) in [6, 6.07) is 17.6. The van der Waals surface area contributed by atoms with Crippen LogP contribution in [0.25, 0.3) is 33.4 Å². The van der Waals surface area contributed by atoms with Gasteiger partial charge in [0.1, 0.15) is 34.6 Å². The third-order valence-corrected chi connectivity index (χ3v) is 8.43. The third-order valence-electron chi connectivity index (χ3n) is 7.54. The van der Waals surface area contributed by atoms with E-state index in [-0.39, 0.29) is 30.2 Å². The van der Waals surface area contributed by atoms with Gasteiger partial charge in [0.25, 0.3) is 0 Å². The Balaban J connectivity index is 1.72. The van der Waals surface area contributed by atoms with Crippen molar-refractivity contribution in [3.8, 4) is 22.5 Å². The highest BCUT2D eigenvalue weighted by molar-refractivity contribution is 7.85. The van der Waals surface area contributed by atoms with E-state index in [0.717, 1.165) is 24.1 Å². The summed E-state index contributed by atoms with van der Waals surface area (Å²) >= 11 is 0. The molecule has 12 heteroatoms. The molecule has 1 heterocycles. The van der Waals surface area contributed by atoms with Crippen LogP contribution in [0, 0.1) is 0 Å². The Kier molecular flexibility index (Phi) is 11.2. The first-order valence-corrected chi connectivity index (χ1v) is 16.5. The van der Waals surface area contributed by atoms with Gasteiger partial charge in [-0.25, -0.2) is 22.6 Å². The summed E-state index contributed by atoms with van der Waals surface area (Å²) < 4.78 is 55.7. The second-order valence-electron chi connectivity index (χ2n) is 10.5. The minimum atomic E-state index is -4.78. The monoisotopic (exact) mass is 649 g/mol. The molecule has 0 spiro atoms. The smallest absolute Gasteiger partial charge is 0.407 e. The molecule has 2 aromatic carbocycles. The number of benzene rings is 3. The van der Waals surface area contributed by atoms with Crippen LogP contribution in [0.3, 0.4) is 0 Å². The molecule has 0 unspecified atom stereocenters. The molecule has 0 saturated carbocycles. The van der Waals surface area contributed by atoms with Crippen molar-refractivity contribution < 1.29 is 36.5 Å².